The number of rotatable bonds is 11. The SMILES string of the molecule is COc1ccc(/C=C/C(=O)OCCCCCCC[Si](Cl)(Cl)Cl)cc1F. The zero-order valence-electron chi connectivity index (χ0n) is 14.1. The molecule has 0 radical (unpaired) electrons. The summed E-state index contributed by atoms with van der Waals surface area (Å²) in [4.78, 5) is 11.6. The molecule has 1 aromatic carbocycles. The summed E-state index contributed by atoms with van der Waals surface area (Å²) in [7, 11) is 1.40. The summed E-state index contributed by atoms with van der Waals surface area (Å²) in [5.41, 5.74) is 0.563. The van der Waals surface area contributed by atoms with Crippen molar-refractivity contribution < 1.29 is 18.7 Å². The van der Waals surface area contributed by atoms with Crippen LogP contribution in [-0.2, 0) is 9.53 Å². The predicted molar refractivity (Wildman–Crippen MR) is 104 cm³/mol. The molecule has 0 spiro atoms. The molecule has 0 saturated carbocycles. The van der Waals surface area contributed by atoms with Crippen LogP contribution in [0.2, 0.25) is 6.04 Å². The van der Waals surface area contributed by atoms with Crippen molar-refractivity contribution in [3.8, 4) is 5.75 Å². The summed E-state index contributed by atoms with van der Waals surface area (Å²) < 4.78 is 23.5. The number of ether oxygens (including phenoxy) is 2. The molecule has 0 aliphatic rings. The standard InChI is InChI=1S/C17H22Cl3FO3Si/c1-23-16-9-7-14(13-15(16)21)8-10-17(22)24-11-5-3-2-4-6-12-25(18,19)20/h7-10,13H,2-6,11-12H2,1H3/b10-8+. The Labute approximate surface area is 163 Å². The fourth-order valence-corrected chi connectivity index (χ4v) is 3.98. The van der Waals surface area contributed by atoms with E-state index in [1.54, 1.807) is 6.07 Å². The summed E-state index contributed by atoms with van der Waals surface area (Å²) in [5.74, 6) is -0.759. The second-order valence-corrected chi connectivity index (χ2v) is 14.8. The van der Waals surface area contributed by atoms with Gasteiger partial charge in [0.05, 0.1) is 13.7 Å². The molecule has 0 amide bonds. The van der Waals surface area contributed by atoms with Gasteiger partial charge >= 0.3 is 12.0 Å². The number of esters is 1. The third-order valence-electron chi connectivity index (χ3n) is 3.44. The van der Waals surface area contributed by atoms with Crippen LogP contribution in [0.3, 0.4) is 0 Å². The van der Waals surface area contributed by atoms with E-state index in [0.717, 1.165) is 32.1 Å². The van der Waals surface area contributed by atoms with E-state index in [0.29, 0.717) is 18.2 Å². The van der Waals surface area contributed by atoms with Crippen molar-refractivity contribution in [2.24, 2.45) is 0 Å². The molecule has 0 saturated heterocycles. The van der Waals surface area contributed by atoms with E-state index in [4.69, 9.17) is 42.7 Å². The van der Waals surface area contributed by atoms with Crippen molar-refractivity contribution in [3.05, 3.63) is 35.7 Å². The molecule has 1 rings (SSSR count). The Bertz CT molecular complexity index is 577. The molecule has 3 nitrogen and oxygen atoms in total. The fourth-order valence-electron chi connectivity index (χ4n) is 2.13. The molecule has 0 heterocycles. The van der Waals surface area contributed by atoms with Gasteiger partial charge in [-0.1, -0.05) is 31.7 Å². The number of hydrogen-bond acceptors (Lipinski definition) is 3. The van der Waals surface area contributed by atoms with Crippen LogP contribution in [0.5, 0.6) is 5.75 Å². The summed E-state index contributed by atoms with van der Waals surface area (Å²) in [6.45, 7) is 0.360. The molecule has 8 heteroatoms. The second-order valence-electron chi connectivity index (χ2n) is 5.53. The first kappa shape index (κ1) is 22.3. The molecular weight excluding hydrogens is 406 g/mol. The van der Waals surface area contributed by atoms with Crippen LogP contribution < -0.4 is 4.74 Å². The molecule has 0 unspecified atom stereocenters. The van der Waals surface area contributed by atoms with E-state index in [2.05, 4.69) is 0 Å². The minimum atomic E-state index is -2.48. The quantitative estimate of drug-likeness (QED) is 0.143. The molecule has 0 bridgehead atoms. The van der Waals surface area contributed by atoms with Gasteiger partial charge in [-0.25, -0.2) is 9.18 Å². The van der Waals surface area contributed by atoms with Crippen molar-refractivity contribution in [3.63, 3.8) is 0 Å². The van der Waals surface area contributed by atoms with Crippen molar-refractivity contribution >= 4 is 51.3 Å². The first-order valence-electron chi connectivity index (χ1n) is 8.07. The van der Waals surface area contributed by atoms with Crippen LogP contribution >= 0.6 is 33.2 Å². The second kappa shape index (κ2) is 11.8. The molecule has 25 heavy (non-hydrogen) atoms. The van der Waals surface area contributed by atoms with Crippen molar-refractivity contribution in [1.82, 2.24) is 0 Å². The molecule has 0 aromatic heterocycles. The van der Waals surface area contributed by atoms with Crippen LogP contribution in [0.1, 0.15) is 37.7 Å². The first-order chi connectivity index (χ1) is 11.8. The van der Waals surface area contributed by atoms with Gasteiger partial charge in [-0.3, -0.25) is 0 Å². The lowest BCUT2D eigenvalue weighted by Crippen LogP contribution is -2.07. The van der Waals surface area contributed by atoms with Crippen LogP contribution in [0.15, 0.2) is 24.3 Å². The lowest BCUT2D eigenvalue weighted by atomic mass is 10.2. The monoisotopic (exact) mass is 426 g/mol. The average molecular weight is 428 g/mol. The van der Waals surface area contributed by atoms with E-state index in [-0.39, 0.29) is 5.75 Å². The highest BCUT2D eigenvalue weighted by Gasteiger charge is 2.23. The summed E-state index contributed by atoms with van der Waals surface area (Å²) in [6, 6.07) is 2.66. The van der Waals surface area contributed by atoms with E-state index in [1.807, 2.05) is 0 Å². The zero-order valence-corrected chi connectivity index (χ0v) is 17.3. The van der Waals surface area contributed by atoms with Gasteiger partial charge < -0.3 is 9.47 Å². The maximum atomic E-state index is 13.5. The first-order valence-corrected chi connectivity index (χ1v) is 13.3. The molecule has 0 fully saturated rings. The van der Waals surface area contributed by atoms with E-state index in [1.165, 1.54) is 31.4 Å². The smallest absolute Gasteiger partial charge is 0.341 e. The maximum absolute atomic E-state index is 13.5. The van der Waals surface area contributed by atoms with E-state index >= 15 is 0 Å². The number of halogens is 4. The van der Waals surface area contributed by atoms with Gasteiger partial charge in [0.15, 0.2) is 11.6 Å². The maximum Gasteiger partial charge on any atom is 0.341 e. The van der Waals surface area contributed by atoms with Crippen molar-refractivity contribution in [1.29, 1.82) is 0 Å². The molecule has 1 aromatic rings. The Morgan fingerprint density at radius 3 is 2.48 bits per heavy atom. The summed E-state index contributed by atoms with van der Waals surface area (Å²) >= 11 is 17.4. The molecule has 0 atom stereocenters. The fraction of sp³-hybridized carbons (Fsp3) is 0.471. The zero-order chi connectivity index (χ0) is 18.7. The van der Waals surface area contributed by atoms with E-state index in [9.17, 15) is 9.18 Å². The molecular formula is C17H22Cl3FO3Si. The van der Waals surface area contributed by atoms with Crippen molar-refractivity contribution in [2.75, 3.05) is 13.7 Å². The summed E-state index contributed by atoms with van der Waals surface area (Å²) in [5, 5.41) is 0. The van der Waals surface area contributed by atoms with Crippen LogP contribution in [0.4, 0.5) is 4.39 Å². The van der Waals surface area contributed by atoms with Gasteiger partial charge in [0.25, 0.3) is 0 Å². The largest absolute Gasteiger partial charge is 0.494 e. The third kappa shape index (κ3) is 10.7. The van der Waals surface area contributed by atoms with Gasteiger partial charge in [-0.2, -0.15) is 0 Å². The van der Waals surface area contributed by atoms with Crippen LogP contribution in [-0.4, -0.2) is 25.7 Å². The van der Waals surface area contributed by atoms with Gasteiger partial charge in [0, 0.05) is 6.08 Å². The highest BCUT2D eigenvalue weighted by molar-refractivity contribution is 7.64. The number of benzene rings is 1. The predicted octanol–water partition coefficient (Wildman–Crippen LogP) is 6.00. The Hall–Kier alpha value is -0.753. The number of methoxy groups -OCH3 is 1. The minimum Gasteiger partial charge on any atom is -0.494 e. The van der Waals surface area contributed by atoms with Gasteiger partial charge in [0.2, 0.25) is 0 Å². The minimum absolute atomic E-state index is 0.163. The van der Waals surface area contributed by atoms with Crippen molar-refractivity contribution in [2.45, 2.75) is 38.1 Å². The molecule has 0 aliphatic heterocycles. The van der Waals surface area contributed by atoms with Crippen LogP contribution in [0.25, 0.3) is 6.08 Å². The third-order valence-corrected chi connectivity index (χ3v) is 6.06. The number of carbonyl (C=O) groups excluding carboxylic acids is 1. The van der Waals surface area contributed by atoms with Gasteiger partial charge in [0.1, 0.15) is 0 Å². The molecule has 0 aliphatic carbocycles. The molecule has 140 valence electrons. The normalized spacial score (nSPS) is 11.7. The Balaban J connectivity index is 2.15. The Kier molecular flexibility index (Phi) is 10.5. The van der Waals surface area contributed by atoms with Gasteiger partial charge in [-0.15, -0.1) is 33.2 Å². The number of unbranched alkanes of at least 4 members (excludes halogenated alkanes) is 4. The van der Waals surface area contributed by atoms with Gasteiger partial charge in [-0.05, 0) is 36.2 Å². The Morgan fingerprint density at radius 1 is 1.16 bits per heavy atom. The lowest BCUT2D eigenvalue weighted by molar-refractivity contribution is -0.137. The number of carbonyl (C=O) groups is 1. The average Bonchev–Trinajstić information content (AvgIpc) is 2.54. The van der Waals surface area contributed by atoms with E-state index < -0.39 is 17.8 Å². The lowest BCUT2D eigenvalue weighted by Gasteiger charge is -2.07. The Morgan fingerprint density at radius 2 is 1.84 bits per heavy atom. The summed E-state index contributed by atoms with van der Waals surface area (Å²) in [6.07, 6.45) is 7.50. The molecule has 0 N–H and O–H groups in total. The highest BCUT2D eigenvalue weighted by atomic mass is 35.8. The topological polar surface area (TPSA) is 35.5 Å². The highest BCUT2D eigenvalue weighted by Crippen LogP contribution is 2.27. The van der Waals surface area contributed by atoms with Crippen LogP contribution in [0, 0.1) is 5.82 Å². The number of hydrogen-bond donors (Lipinski definition) is 0.